The normalized spacial score (nSPS) is 8.14. The predicted octanol–water partition coefficient (Wildman–Crippen LogP) is 0.00100. The number of hydrogen-bond acceptors (Lipinski definition) is 3. The zero-order valence-corrected chi connectivity index (χ0v) is 4.13. The molecule has 0 amide bonds. The molecule has 0 aliphatic carbocycles. The Balaban J connectivity index is 2.56. The van der Waals surface area contributed by atoms with E-state index >= 15 is 0 Å². The monoisotopic (exact) mass is 103 g/mol. The van der Waals surface area contributed by atoms with Crippen LogP contribution in [0.3, 0.4) is 0 Å². The molecule has 0 aliphatic rings. The molecule has 0 heterocycles. The standard InChI is InChI=1S/C4H9NO2/c1-5-7-4-2-3-6/h6H,1-4H2. The van der Waals surface area contributed by atoms with Gasteiger partial charge in [0.05, 0.1) is 0 Å². The van der Waals surface area contributed by atoms with Crippen LogP contribution in [0.4, 0.5) is 0 Å². The van der Waals surface area contributed by atoms with Gasteiger partial charge in [-0.1, -0.05) is 0 Å². The second-order valence-electron chi connectivity index (χ2n) is 1.04. The van der Waals surface area contributed by atoms with Gasteiger partial charge in [-0.05, 0) is 0 Å². The molecule has 0 unspecified atom stereocenters. The minimum atomic E-state index is 0.148. The van der Waals surface area contributed by atoms with Crippen molar-refractivity contribution in [1.29, 1.82) is 0 Å². The molecule has 0 aliphatic heterocycles. The maximum absolute atomic E-state index is 8.15. The van der Waals surface area contributed by atoms with Crippen LogP contribution in [0.1, 0.15) is 6.42 Å². The third-order valence-electron chi connectivity index (χ3n) is 0.485. The molecule has 0 aromatic heterocycles. The molecule has 0 saturated heterocycles. The summed E-state index contributed by atoms with van der Waals surface area (Å²) in [4.78, 5) is 4.43. The van der Waals surface area contributed by atoms with Gasteiger partial charge in [-0.2, -0.15) is 0 Å². The number of nitrogens with zero attached hydrogens (tertiary/aromatic N) is 1. The van der Waals surface area contributed by atoms with E-state index in [1.54, 1.807) is 0 Å². The maximum Gasteiger partial charge on any atom is 0.119 e. The molecule has 3 heteroatoms. The number of aliphatic hydroxyl groups excluding tert-OH is 1. The van der Waals surface area contributed by atoms with Crippen LogP contribution in [0.5, 0.6) is 0 Å². The van der Waals surface area contributed by atoms with Crippen molar-refractivity contribution in [1.82, 2.24) is 0 Å². The first-order valence-corrected chi connectivity index (χ1v) is 2.10. The molecule has 3 nitrogen and oxygen atoms in total. The van der Waals surface area contributed by atoms with Gasteiger partial charge in [0.1, 0.15) is 6.61 Å². The Morgan fingerprint density at radius 1 is 1.71 bits per heavy atom. The third kappa shape index (κ3) is 5.43. The summed E-state index contributed by atoms with van der Waals surface area (Å²) < 4.78 is 0. The maximum atomic E-state index is 8.15. The molecule has 0 fully saturated rings. The van der Waals surface area contributed by atoms with E-state index in [0.29, 0.717) is 13.0 Å². The van der Waals surface area contributed by atoms with Crippen LogP contribution in [0.15, 0.2) is 5.16 Å². The molecular formula is C4H9NO2. The van der Waals surface area contributed by atoms with Gasteiger partial charge in [-0.15, -0.1) is 5.16 Å². The highest BCUT2D eigenvalue weighted by atomic mass is 16.6. The average molecular weight is 103 g/mol. The van der Waals surface area contributed by atoms with Gasteiger partial charge in [0, 0.05) is 19.7 Å². The van der Waals surface area contributed by atoms with E-state index in [1.807, 2.05) is 0 Å². The summed E-state index contributed by atoms with van der Waals surface area (Å²) in [7, 11) is 0. The smallest absolute Gasteiger partial charge is 0.119 e. The lowest BCUT2D eigenvalue weighted by molar-refractivity contribution is 0.126. The molecule has 1 N–H and O–H groups in total. The number of aliphatic hydroxyl groups is 1. The highest BCUT2D eigenvalue weighted by Crippen LogP contribution is 1.77. The fraction of sp³-hybridized carbons (Fsp3) is 0.750. The van der Waals surface area contributed by atoms with Gasteiger partial charge in [-0.25, -0.2) is 0 Å². The van der Waals surface area contributed by atoms with Crippen LogP contribution in [-0.4, -0.2) is 25.0 Å². The molecule has 0 spiro atoms. The molecular weight excluding hydrogens is 94.0 g/mol. The second kappa shape index (κ2) is 5.43. The lowest BCUT2D eigenvalue weighted by Gasteiger charge is -1.91. The van der Waals surface area contributed by atoms with Gasteiger partial charge in [0.2, 0.25) is 0 Å². The minimum absolute atomic E-state index is 0.148. The Kier molecular flexibility index (Phi) is 4.99. The van der Waals surface area contributed by atoms with Crippen LogP contribution in [0.25, 0.3) is 0 Å². The predicted molar refractivity (Wildman–Crippen MR) is 27.2 cm³/mol. The Bertz CT molecular complexity index is 47.0. The van der Waals surface area contributed by atoms with Crippen molar-refractivity contribution in [2.45, 2.75) is 6.42 Å². The fourth-order valence-electron chi connectivity index (χ4n) is 0.194. The van der Waals surface area contributed by atoms with E-state index in [0.717, 1.165) is 0 Å². The highest BCUT2D eigenvalue weighted by Gasteiger charge is 1.78. The van der Waals surface area contributed by atoms with Gasteiger partial charge >= 0.3 is 0 Å². The third-order valence-corrected chi connectivity index (χ3v) is 0.485. The van der Waals surface area contributed by atoms with E-state index < -0.39 is 0 Å². The zero-order chi connectivity index (χ0) is 5.54. The minimum Gasteiger partial charge on any atom is -0.396 e. The highest BCUT2D eigenvalue weighted by molar-refractivity contribution is 5.21. The first-order valence-electron chi connectivity index (χ1n) is 2.10. The van der Waals surface area contributed by atoms with Crippen LogP contribution >= 0.6 is 0 Å². The van der Waals surface area contributed by atoms with E-state index in [-0.39, 0.29) is 6.61 Å². The van der Waals surface area contributed by atoms with E-state index in [4.69, 9.17) is 5.11 Å². The first kappa shape index (κ1) is 6.43. The summed E-state index contributed by atoms with van der Waals surface area (Å²) in [5, 5.41) is 11.3. The SMILES string of the molecule is C=NOCCCO. The van der Waals surface area contributed by atoms with Crippen molar-refractivity contribution in [2.75, 3.05) is 13.2 Å². The Morgan fingerprint density at radius 3 is 2.86 bits per heavy atom. The van der Waals surface area contributed by atoms with Crippen molar-refractivity contribution in [3.8, 4) is 0 Å². The van der Waals surface area contributed by atoms with Gasteiger partial charge in [0.15, 0.2) is 0 Å². The summed E-state index contributed by atoms with van der Waals surface area (Å²) in [6.07, 6.45) is 0.624. The fourth-order valence-corrected chi connectivity index (χ4v) is 0.194. The molecule has 0 saturated carbocycles. The van der Waals surface area contributed by atoms with Crippen LogP contribution in [0, 0.1) is 0 Å². The zero-order valence-electron chi connectivity index (χ0n) is 4.13. The van der Waals surface area contributed by atoms with Crippen LogP contribution in [-0.2, 0) is 4.84 Å². The lowest BCUT2D eigenvalue weighted by atomic mass is 10.5. The quantitative estimate of drug-likeness (QED) is 0.309. The summed E-state index contributed by atoms with van der Waals surface area (Å²) in [6, 6.07) is 0. The molecule has 42 valence electrons. The summed E-state index contributed by atoms with van der Waals surface area (Å²) >= 11 is 0. The van der Waals surface area contributed by atoms with Crippen molar-refractivity contribution in [3.63, 3.8) is 0 Å². The van der Waals surface area contributed by atoms with Crippen molar-refractivity contribution in [3.05, 3.63) is 0 Å². The molecule has 0 aromatic rings. The van der Waals surface area contributed by atoms with E-state index in [2.05, 4.69) is 16.7 Å². The van der Waals surface area contributed by atoms with Crippen LogP contribution < -0.4 is 0 Å². The second-order valence-corrected chi connectivity index (χ2v) is 1.04. The summed E-state index contributed by atoms with van der Waals surface area (Å²) in [6.45, 7) is 3.69. The Hall–Kier alpha value is -0.570. The van der Waals surface area contributed by atoms with Crippen molar-refractivity contribution in [2.24, 2.45) is 5.16 Å². The van der Waals surface area contributed by atoms with Gasteiger partial charge in [0.25, 0.3) is 0 Å². The van der Waals surface area contributed by atoms with Gasteiger partial charge < -0.3 is 9.94 Å². The average Bonchev–Trinajstić information content (AvgIpc) is 1.69. The first-order chi connectivity index (χ1) is 3.41. The number of oxime groups is 1. The molecule has 0 atom stereocenters. The number of hydrogen-bond donors (Lipinski definition) is 1. The summed E-state index contributed by atoms with van der Waals surface area (Å²) in [5.74, 6) is 0. The Morgan fingerprint density at radius 2 is 2.43 bits per heavy atom. The van der Waals surface area contributed by atoms with Gasteiger partial charge in [-0.3, -0.25) is 0 Å². The van der Waals surface area contributed by atoms with Crippen molar-refractivity contribution < 1.29 is 9.94 Å². The molecule has 0 radical (unpaired) electrons. The van der Waals surface area contributed by atoms with Crippen molar-refractivity contribution >= 4 is 6.72 Å². The largest absolute Gasteiger partial charge is 0.396 e. The summed E-state index contributed by atoms with van der Waals surface area (Å²) in [5.41, 5.74) is 0. The molecule has 0 aromatic carbocycles. The Labute approximate surface area is 42.6 Å². The topological polar surface area (TPSA) is 41.8 Å². The lowest BCUT2D eigenvalue weighted by Crippen LogP contribution is -1.90. The van der Waals surface area contributed by atoms with E-state index in [9.17, 15) is 0 Å². The molecule has 0 rings (SSSR count). The number of rotatable bonds is 4. The van der Waals surface area contributed by atoms with Crippen LogP contribution in [0.2, 0.25) is 0 Å². The van der Waals surface area contributed by atoms with E-state index in [1.165, 1.54) is 0 Å². The molecule has 7 heavy (non-hydrogen) atoms. The molecule has 0 bridgehead atoms.